The van der Waals surface area contributed by atoms with Crippen LogP contribution in [0.15, 0.2) is 58.4 Å². The van der Waals surface area contributed by atoms with Crippen molar-refractivity contribution in [1.82, 2.24) is 25.0 Å². The lowest BCUT2D eigenvalue weighted by Crippen LogP contribution is -2.38. The predicted octanol–water partition coefficient (Wildman–Crippen LogP) is 4.25. The Kier molecular flexibility index (Phi) is 10.3. The van der Waals surface area contributed by atoms with Gasteiger partial charge in [-0.3, -0.25) is 0 Å². The van der Waals surface area contributed by atoms with E-state index in [1.165, 1.54) is 10.5 Å². The molecule has 0 radical (unpaired) electrons. The SMILES string of the molecule is COc1ccc(CN=C(NCc2nnc(C)n2C)N(C)Cc2ccc(SC)cc2)cc1.I. The molecule has 1 heterocycles. The summed E-state index contributed by atoms with van der Waals surface area (Å²) in [6.07, 6.45) is 2.09. The highest BCUT2D eigenvalue weighted by molar-refractivity contribution is 14.0. The molecule has 2 aromatic carbocycles. The first kappa shape index (κ1) is 26.0. The summed E-state index contributed by atoms with van der Waals surface area (Å²) in [7, 11) is 5.69. The number of nitrogens with zero attached hydrogens (tertiary/aromatic N) is 5. The molecule has 9 heteroatoms. The number of aliphatic imine (C=N–C) groups is 1. The highest BCUT2D eigenvalue weighted by atomic mass is 127. The summed E-state index contributed by atoms with van der Waals surface area (Å²) in [5, 5.41) is 11.8. The summed E-state index contributed by atoms with van der Waals surface area (Å²) in [5.41, 5.74) is 2.35. The molecule has 0 spiro atoms. The second kappa shape index (κ2) is 12.7. The minimum absolute atomic E-state index is 0. The number of guanidine groups is 1. The third-order valence-corrected chi connectivity index (χ3v) is 5.84. The second-order valence-corrected chi connectivity index (χ2v) is 8.15. The molecule has 0 atom stereocenters. The molecule has 172 valence electrons. The van der Waals surface area contributed by atoms with E-state index in [0.29, 0.717) is 13.1 Å². The lowest BCUT2D eigenvalue weighted by atomic mass is 10.2. The molecule has 0 aliphatic rings. The molecule has 0 unspecified atom stereocenters. The molecule has 1 N–H and O–H groups in total. The topological polar surface area (TPSA) is 67.6 Å². The van der Waals surface area contributed by atoms with Crippen LogP contribution in [-0.4, -0.2) is 46.0 Å². The minimum Gasteiger partial charge on any atom is -0.497 e. The first-order valence-electron chi connectivity index (χ1n) is 10.1. The maximum atomic E-state index is 5.24. The summed E-state index contributed by atoms with van der Waals surface area (Å²) in [6.45, 7) is 3.81. The van der Waals surface area contributed by atoms with Gasteiger partial charge in [0.15, 0.2) is 11.8 Å². The van der Waals surface area contributed by atoms with E-state index in [0.717, 1.165) is 35.5 Å². The van der Waals surface area contributed by atoms with Crippen LogP contribution < -0.4 is 10.1 Å². The van der Waals surface area contributed by atoms with Crippen LogP contribution in [0, 0.1) is 6.92 Å². The summed E-state index contributed by atoms with van der Waals surface area (Å²) in [4.78, 5) is 8.25. The summed E-state index contributed by atoms with van der Waals surface area (Å²) in [6, 6.07) is 16.6. The quantitative estimate of drug-likeness (QED) is 0.190. The van der Waals surface area contributed by atoms with Crippen LogP contribution in [0.4, 0.5) is 0 Å². The van der Waals surface area contributed by atoms with Crippen LogP contribution in [0.1, 0.15) is 22.8 Å². The molecule has 7 nitrogen and oxygen atoms in total. The largest absolute Gasteiger partial charge is 0.497 e. The Bertz CT molecular complexity index is 1000. The zero-order valence-corrected chi connectivity index (χ0v) is 22.3. The molecule has 0 amide bonds. The van der Waals surface area contributed by atoms with Gasteiger partial charge in [0, 0.05) is 25.5 Å². The van der Waals surface area contributed by atoms with Gasteiger partial charge in [-0.15, -0.1) is 45.9 Å². The molecule has 3 aromatic rings. The Morgan fingerprint density at radius 2 is 1.75 bits per heavy atom. The maximum Gasteiger partial charge on any atom is 0.194 e. The maximum absolute atomic E-state index is 5.24. The minimum atomic E-state index is 0. The van der Waals surface area contributed by atoms with Gasteiger partial charge in [-0.2, -0.15) is 0 Å². The molecule has 0 bridgehead atoms. The van der Waals surface area contributed by atoms with Crippen LogP contribution in [0.2, 0.25) is 0 Å². The second-order valence-electron chi connectivity index (χ2n) is 7.27. The Morgan fingerprint density at radius 1 is 1.09 bits per heavy atom. The third kappa shape index (κ3) is 7.13. The number of methoxy groups -OCH3 is 1. The van der Waals surface area contributed by atoms with Gasteiger partial charge in [0.25, 0.3) is 0 Å². The Labute approximate surface area is 211 Å². The highest BCUT2D eigenvalue weighted by Gasteiger charge is 2.11. The van der Waals surface area contributed by atoms with Gasteiger partial charge < -0.3 is 19.5 Å². The van der Waals surface area contributed by atoms with Crippen molar-refractivity contribution < 1.29 is 4.74 Å². The fraction of sp³-hybridized carbons (Fsp3) is 0.348. The van der Waals surface area contributed by atoms with Crippen LogP contribution in [0.25, 0.3) is 0 Å². The zero-order valence-electron chi connectivity index (χ0n) is 19.2. The summed E-state index contributed by atoms with van der Waals surface area (Å²) in [5.74, 6) is 3.41. The van der Waals surface area contributed by atoms with Crippen molar-refractivity contribution in [3.05, 3.63) is 71.3 Å². The number of thioether (sulfide) groups is 1. The van der Waals surface area contributed by atoms with Gasteiger partial charge in [0.05, 0.1) is 20.2 Å². The Balaban J connectivity index is 0.00000363. The van der Waals surface area contributed by atoms with E-state index >= 15 is 0 Å². The highest BCUT2D eigenvalue weighted by Crippen LogP contribution is 2.16. The first-order chi connectivity index (χ1) is 15.0. The van der Waals surface area contributed by atoms with E-state index in [2.05, 4.69) is 50.9 Å². The number of ether oxygens (including phenoxy) is 1. The van der Waals surface area contributed by atoms with E-state index in [1.807, 2.05) is 49.9 Å². The van der Waals surface area contributed by atoms with E-state index in [1.54, 1.807) is 18.9 Å². The van der Waals surface area contributed by atoms with Crippen LogP contribution >= 0.6 is 35.7 Å². The summed E-state index contributed by atoms with van der Waals surface area (Å²) >= 11 is 1.75. The van der Waals surface area contributed by atoms with Gasteiger partial charge in [-0.25, -0.2) is 4.99 Å². The van der Waals surface area contributed by atoms with Crippen molar-refractivity contribution in [2.24, 2.45) is 12.0 Å². The molecule has 0 saturated carbocycles. The predicted molar refractivity (Wildman–Crippen MR) is 142 cm³/mol. The fourth-order valence-corrected chi connectivity index (χ4v) is 3.46. The van der Waals surface area contributed by atoms with E-state index in [9.17, 15) is 0 Å². The molecule has 0 aliphatic carbocycles. The van der Waals surface area contributed by atoms with Crippen molar-refractivity contribution in [3.63, 3.8) is 0 Å². The molecule has 0 aliphatic heterocycles. The number of benzene rings is 2. The van der Waals surface area contributed by atoms with E-state index in [-0.39, 0.29) is 24.0 Å². The van der Waals surface area contributed by atoms with Crippen molar-refractivity contribution in [3.8, 4) is 5.75 Å². The molecule has 0 saturated heterocycles. The third-order valence-electron chi connectivity index (χ3n) is 5.10. The smallest absolute Gasteiger partial charge is 0.194 e. The van der Waals surface area contributed by atoms with Crippen LogP contribution in [0.5, 0.6) is 5.75 Å². The van der Waals surface area contributed by atoms with Gasteiger partial charge in [-0.1, -0.05) is 24.3 Å². The number of rotatable bonds is 8. The molecule has 0 fully saturated rings. The number of hydrogen-bond donors (Lipinski definition) is 1. The van der Waals surface area contributed by atoms with Gasteiger partial charge in [-0.05, 0) is 48.6 Å². The standard InChI is InChI=1S/C23H30N6OS.HI/c1-17-26-27-22(29(17)3)15-25-23(24-14-18-6-10-20(30-4)11-7-18)28(2)16-19-8-12-21(31-5)13-9-19;/h6-13H,14-16H2,1-5H3,(H,24,25);1H. The van der Waals surface area contributed by atoms with Crippen molar-refractivity contribution in [2.75, 3.05) is 20.4 Å². The van der Waals surface area contributed by atoms with Crippen molar-refractivity contribution in [1.29, 1.82) is 0 Å². The van der Waals surface area contributed by atoms with Crippen LogP contribution in [0.3, 0.4) is 0 Å². The van der Waals surface area contributed by atoms with Crippen molar-refractivity contribution >= 4 is 41.7 Å². The average Bonchev–Trinajstić information content (AvgIpc) is 3.12. The average molecular weight is 567 g/mol. The number of aryl methyl sites for hydroxylation is 1. The number of aromatic nitrogens is 3. The molecular formula is C23H31IN6OS. The Morgan fingerprint density at radius 3 is 2.31 bits per heavy atom. The number of hydrogen-bond acceptors (Lipinski definition) is 5. The van der Waals surface area contributed by atoms with E-state index in [4.69, 9.17) is 9.73 Å². The first-order valence-corrected chi connectivity index (χ1v) is 11.3. The lowest BCUT2D eigenvalue weighted by Gasteiger charge is -2.23. The van der Waals surface area contributed by atoms with Crippen molar-refractivity contribution in [2.45, 2.75) is 31.5 Å². The summed E-state index contributed by atoms with van der Waals surface area (Å²) < 4.78 is 7.22. The molecule has 1 aromatic heterocycles. The normalized spacial score (nSPS) is 11.1. The lowest BCUT2D eigenvalue weighted by molar-refractivity contribution is 0.414. The number of nitrogens with one attached hydrogen (secondary N) is 1. The molecule has 32 heavy (non-hydrogen) atoms. The Hall–Kier alpha value is -2.27. The molecule has 3 rings (SSSR count). The van der Waals surface area contributed by atoms with E-state index < -0.39 is 0 Å². The van der Waals surface area contributed by atoms with Crippen LogP contribution in [-0.2, 0) is 26.7 Å². The monoisotopic (exact) mass is 566 g/mol. The fourth-order valence-electron chi connectivity index (χ4n) is 3.05. The van der Waals surface area contributed by atoms with Gasteiger partial charge in [0.2, 0.25) is 0 Å². The van der Waals surface area contributed by atoms with Gasteiger partial charge >= 0.3 is 0 Å². The molecular weight excluding hydrogens is 535 g/mol. The number of halogens is 1. The zero-order chi connectivity index (χ0) is 22.2. The van der Waals surface area contributed by atoms with Gasteiger partial charge in [0.1, 0.15) is 11.6 Å².